The number of hydrogen-bond donors (Lipinski definition) is 3. The monoisotopic (exact) mass is 458 g/mol. The van der Waals surface area contributed by atoms with E-state index in [4.69, 9.17) is 9.47 Å². The van der Waals surface area contributed by atoms with Crippen LogP contribution in [0.4, 0.5) is 5.69 Å². The highest BCUT2D eigenvalue weighted by molar-refractivity contribution is 5.78. The number of carbonyl (C=O) groups is 1. The summed E-state index contributed by atoms with van der Waals surface area (Å²) in [4.78, 5) is 39.6. The molecule has 2 atom stereocenters. The van der Waals surface area contributed by atoms with Crippen molar-refractivity contribution in [3.8, 4) is 17.4 Å². The molecular formula is C22H26N4O7. The minimum absolute atomic E-state index is 0.0593. The Morgan fingerprint density at radius 2 is 2.09 bits per heavy atom. The molecule has 0 saturated heterocycles. The standard InChI is InChI=1S/C22H26N4O7/c1-13-5-3-4-6-15(13)23-19(27)12-33-16-9-7-14(11-17(16)32-2)8-10-18-24-21(28)20(26(30)31)22(29)25-18/h7-11,13,15H,3-6,12H2,1-2H3,(H,23,27)(H2,24,25,28,29)/b10-8+/t13-,15+/m1/s1. The van der Waals surface area contributed by atoms with E-state index in [2.05, 4.69) is 22.2 Å². The van der Waals surface area contributed by atoms with Crippen LogP contribution in [0.5, 0.6) is 17.4 Å². The lowest BCUT2D eigenvalue weighted by molar-refractivity contribution is -0.387. The van der Waals surface area contributed by atoms with Gasteiger partial charge in [0.05, 0.1) is 12.0 Å². The number of amides is 1. The third kappa shape index (κ3) is 6.09. The van der Waals surface area contributed by atoms with Crippen LogP contribution in [0.3, 0.4) is 0 Å². The molecule has 1 fully saturated rings. The highest BCUT2D eigenvalue weighted by atomic mass is 16.6. The summed E-state index contributed by atoms with van der Waals surface area (Å²) in [6.07, 6.45) is 7.33. The fourth-order valence-corrected chi connectivity index (χ4v) is 3.72. The van der Waals surface area contributed by atoms with Crippen molar-refractivity contribution in [1.82, 2.24) is 15.3 Å². The molecule has 3 rings (SSSR count). The molecule has 0 aliphatic heterocycles. The quantitative estimate of drug-likeness (QED) is 0.402. The highest BCUT2D eigenvalue weighted by Crippen LogP contribution is 2.29. The van der Waals surface area contributed by atoms with E-state index >= 15 is 0 Å². The summed E-state index contributed by atoms with van der Waals surface area (Å²) in [6.45, 7) is 2.01. The maximum absolute atomic E-state index is 12.3. The number of rotatable bonds is 8. The van der Waals surface area contributed by atoms with Crippen molar-refractivity contribution in [3.63, 3.8) is 0 Å². The number of aromatic amines is 1. The summed E-state index contributed by atoms with van der Waals surface area (Å²) in [6, 6.07) is 5.15. The highest BCUT2D eigenvalue weighted by Gasteiger charge is 2.23. The second-order valence-corrected chi connectivity index (χ2v) is 7.85. The van der Waals surface area contributed by atoms with Crippen LogP contribution in [-0.2, 0) is 4.79 Å². The maximum atomic E-state index is 12.3. The first-order valence-electron chi connectivity index (χ1n) is 10.5. The predicted octanol–water partition coefficient (Wildman–Crippen LogP) is 2.64. The largest absolute Gasteiger partial charge is 0.493 e. The molecule has 3 N–H and O–H groups in total. The molecule has 0 radical (unpaired) electrons. The number of benzene rings is 1. The summed E-state index contributed by atoms with van der Waals surface area (Å²) in [5.41, 5.74) is -1.44. The van der Waals surface area contributed by atoms with Crippen molar-refractivity contribution in [2.45, 2.75) is 38.6 Å². The number of H-pyrrole nitrogens is 1. The lowest BCUT2D eigenvalue weighted by Crippen LogP contribution is -2.43. The van der Waals surface area contributed by atoms with Crippen LogP contribution in [0.15, 0.2) is 23.0 Å². The van der Waals surface area contributed by atoms with Crippen LogP contribution >= 0.6 is 0 Å². The van der Waals surface area contributed by atoms with Gasteiger partial charge in [-0.15, -0.1) is 0 Å². The molecule has 1 heterocycles. The van der Waals surface area contributed by atoms with Gasteiger partial charge >= 0.3 is 11.2 Å². The number of ether oxygens (including phenoxy) is 2. The van der Waals surface area contributed by atoms with E-state index in [0.29, 0.717) is 23.0 Å². The topological polar surface area (TPSA) is 157 Å². The van der Waals surface area contributed by atoms with E-state index in [0.717, 1.165) is 19.3 Å². The molecule has 1 aliphatic carbocycles. The Kier molecular flexibility index (Phi) is 7.65. The van der Waals surface area contributed by atoms with Crippen LogP contribution in [0.2, 0.25) is 0 Å². The summed E-state index contributed by atoms with van der Waals surface area (Å²) in [5, 5.41) is 23.4. The molecule has 1 saturated carbocycles. The second-order valence-electron chi connectivity index (χ2n) is 7.85. The molecule has 2 aromatic rings. The van der Waals surface area contributed by atoms with Crippen LogP contribution in [0, 0.1) is 16.0 Å². The molecule has 0 bridgehead atoms. The summed E-state index contributed by atoms with van der Waals surface area (Å²) in [5.74, 6) is 0.0183. The SMILES string of the molecule is COc1cc(/C=C/c2nc(O)c([N+](=O)[O-])c(=O)[nH]2)ccc1OCC(=O)N[C@H]1CCCC[C@H]1C. The molecule has 0 unspecified atom stereocenters. The zero-order valence-electron chi connectivity index (χ0n) is 18.4. The molecule has 1 amide bonds. The summed E-state index contributed by atoms with van der Waals surface area (Å²) < 4.78 is 11.0. The molecule has 1 aliphatic rings. The van der Waals surface area contributed by atoms with Crippen molar-refractivity contribution >= 4 is 23.7 Å². The van der Waals surface area contributed by atoms with Crippen molar-refractivity contribution in [2.75, 3.05) is 13.7 Å². The molecule has 1 aromatic carbocycles. The Balaban J connectivity index is 1.65. The van der Waals surface area contributed by atoms with Gasteiger partial charge in [0.25, 0.3) is 11.8 Å². The fraction of sp³-hybridized carbons (Fsp3) is 0.409. The van der Waals surface area contributed by atoms with Crippen LogP contribution in [0.1, 0.15) is 44.0 Å². The Morgan fingerprint density at radius 1 is 1.33 bits per heavy atom. The van der Waals surface area contributed by atoms with Gasteiger partial charge in [0.1, 0.15) is 5.82 Å². The minimum atomic E-state index is -1.06. The predicted molar refractivity (Wildman–Crippen MR) is 120 cm³/mol. The fourth-order valence-electron chi connectivity index (χ4n) is 3.72. The number of aromatic nitrogens is 2. The first kappa shape index (κ1) is 23.8. The van der Waals surface area contributed by atoms with Crippen molar-refractivity contribution in [1.29, 1.82) is 0 Å². The van der Waals surface area contributed by atoms with E-state index in [1.54, 1.807) is 24.3 Å². The normalized spacial score (nSPS) is 18.1. The first-order valence-corrected chi connectivity index (χ1v) is 10.5. The number of aromatic hydroxyl groups is 1. The van der Waals surface area contributed by atoms with Crippen LogP contribution in [-0.4, -0.2) is 45.7 Å². The van der Waals surface area contributed by atoms with E-state index in [9.17, 15) is 24.8 Å². The average Bonchev–Trinajstić information content (AvgIpc) is 2.77. The van der Waals surface area contributed by atoms with E-state index in [-0.39, 0.29) is 24.4 Å². The number of hydrogen-bond acceptors (Lipinski definition) is 8. The lowest BCUT2D eigenvalue weighted by Gasteiger charge is -2.29. The maximum Gasteiger partial charge on any atom is 0.395 e. The smallest absolute Gasteiger partial charge is 0.395 e. The zero-order valence-corrected chi connectivity index (χ0v) is 18.4. The average molecular weight is 458 g/mol. The molecule has 11 heteroatoms. The molecule has 1 aromatic heterocycles. The van der Waals surface area contributed by atoms with Crippen molar-refractivity contribution in [3.05, 3.63) is 50.1 Å². The minimum Gasteiger partial charge on any atom is -0.493 e. The number of nitrogens with zero attached hydrogens (tertiary/aromatic N) is 2. The third-order valence-corrected chi connectivity index (χ3v) is 5.52. The number of nitro groups is 1. The van der Waals surface area contributed by atoms with E-state index in [1.165, 1.54) is 19.6 Å². The molecule has 0 spiro atoms. The lowest BCUT2D eigenvalue weighted by atomic mass is 9.86. The summed E-state index contributed by atoms with van der Waals surface area (Å²) >= 11 is 0. The van der Waals surface area contributed by atoms with Gasteiger partial charge in [-0.25, -0.2) is 0 Å². The van der Waals surface area contributed by atoms with Crippen LogP contribution in [0.25, 0.3) is 12.2 Å². The van der Waals surface area contributed by atoms with Gasteiger partial charge in [-0.1, -0.05) is 31.9 Å². The van der Waals surface area contributed by atoms with Gasteiger partial charge in [-0.05, 0) is 42.5 Å². The van der Waals surface area contributed by atoms with E-state index in [1.807, 2.05) is 0 Å². The van der Waals surface area contributed by atoms with Gasteiger partial charge < -0.3 is 24.9 Å². The number of nitrogens with one attached hydrogen (secondary N) is 2. The molecule has 176 valence electrons. The Morgan fingerprint density at radius 3 is 2.76 bits per heavy atom. The molecule has 33 heavy (non-hydrogen) atoms. The summed E-state index contributed by atoms with van der Waals surface area (Å²) in [7, 11) is 1.47. The van der Waals surface area contributed by atoms with Crippen molar-refractivity contribution in [2.24, 2.45) is 5.92 Å². The van der Waals surface area contributed by atoms with Gasteiger partial charge in [-0.3, -0.25) is 19.7 Å². The van der Waals surface area contributed by atoms with Crippen molar-refractivity contribution < 1.29 is 24.3 Å². The molecule has 11 nitrogen and oxygen atoms in total. The first-order chi connectivity index (χ1) is 15.8. The van der Waals surface area contributed by atoms with Gasteiger partial charge in [0.2, 0.25) is 0 Å². The third-order valence-electron chi connectivity index (χ3n) is 5.52. The number of carbonyl (C=O) groups excluding carboxylic acids is 1. The van der Waals surface area contributed by atoms with Gasteiger partial charge in [-0.2, -0.15) is 4.98 Å². The van der Waals surface area contributed by atoms with Gasteiger partial charge in [0.15, 0.2) is 18.1 Å². The van der Waals surface area contributed by atoms with Crippen LogP contribution < -0.4 is 20.3 Å². The number of methoxy groups -OCH3 is 1. The zero-order chi connectivity index (χ0) is 24.0. The van der Waals surface area contributed by atoms with E-state index < -0.39 is 22.0 Å². The Labute approximate surface area is 189 Å². The van der Waals surface area contributed by atoms with Gasteiger partial charge in [0, 0.05) is 6.04 Å². The second kappa shape index (κ2) is 10.6. The Bertz CT molecular complexity index is 1110. The molecular weight excluding hydrogens is 432 g/mol. The Hall–Kier alpha value is -3.89.